The number of rotatable bonds is 3. The number of amides is 3. The molecule has 7 nitrogen and oxygen atoms in total. The van der Waals surface area contributed by atoms with Gasteiger partial charge < -0.3 is 9.88 Å². The van der Waals surface area contributed by atoms with E-state index in [1.807, 2.05) is 23.1 Å². The van der Waals surface area contributed by atoms with Crippen LogP contribution in [-0.4, -0.2) is 57.4 Å². The van der Waals surface area contributed by atoms with E-state index in [2.05, 4.69) is 17.1 Å². The zero-order valence-corrected chi connectivity index (χ0v) is 20.9. The average molecular weight is 510 g/mol. The van der Waals surface area contributed by atoms with E-state index in [9.17, 15) is 19.2 Å². The number of likely N-dealkylation sites (tertiary alicyclic amines) is 2. The second-order valence-electron chi connectivity index (χ2n) is 10.6. The SMILES string of the molecule is O=C(CN1C(=O)C2C3CC(C2C1=O)C1C(c2ccccc2)c2sc(=O)[nH]c2SC31)N1CCCCC1. The number of aromatic amines is 1. The third-order valence-electron chi connectivity index (χ3n) is 8.98. The van der Waals surface area contributed by atoms with Crippen molar-refractivity contribution in [2.45, 2.75) is 41.9 Å². The molecule has 2 saturated carbocycles. The smallest absolute Gasteiger partial charge is 0.305 e. The number of carbonyl (C=O) groups excluding carboxylic acids is 3. The zero-order valence-electron chi connectivity index (χ0n) is 19.2. The van der Waals surface area contributed by atoms with Crippen LogP contribution in [0.2, 0.25) is 0 Å². The van der Waals surface area contributed by atoms with Gasteiger partial charge in [-0.2, -0.15) is 0 Å². The first-order chi connectivity index (χ1) is 17.0. The van der Waals surface area contributed by atoms with Gasteiger partial charge in [0.1, 0.15) is 6.54 Å². The van der Waals surface area contributed by atoms with E-state index in [1.54, 1.807) is 11.8 Å². The van der Waals surface area contributed by atoms with Gasteiger partial charge in [0.2, 0.25) is 17.7 Å². The molecule has 2 aromatic rings. The van der Waals surface area contributed by atoms with Crippen LogP contribution in [0.15, 0.2) is 40.2 Å². The molecule has 1 N–H and O–H groups in total. The molecule has 4 heterocycles. The molecule has 2 saturated heterocycles. The lowest BCUT2D eigenvalue weighted by atomic mass is 9.68. The number of nitrogens with zero attached hydrogens (tertiary/aromatic N) is 2. The van der Waals surface area contributed by atoms with Crippen LogP contribution in [-0.2, 0) is 14.4 Å². The summed E-state index contributed by atoms with van der Waals surface area (Å²) in [4.78, 5) is 59.6. The van der Waals surface area contributed by atoms with Crippen LogP contribution in [0.4, 0.5) is 0 Å². The van der Waals surface area contributed by atoms with Gasteiger partial charge in [0.05, 0.1) is 16.9 Å². The molecule has 5 aliphatic rings. The molecule has 9 heteroatoms. The van der Waals surface area contributed by atoms with Gasteiger partial charge in [-0.1, -0.05) is 41.7 Å². The molecule has 4 fully saturated rings. The summed E-state index contributed by atoms with van der Waals surface area (Å²) in [7, 11) is 0. The van der Waals surface area contributed by atoms with Crippen molar-refractivity contribution >= 4 is 40.8 Å². The molecule has 2 aliphatic carbocycles. The Labute approximate surface area is 211 Å². The van der Waals surface area contributed by atoms with Crippen molar-refractivity contribution in [3.05, 3.63) is 50.4 Å². The van der Waals surface area contributed by atoms with E-state index in [0.717, 1.165) is 41.1 Å². The van der Waals surface area contributed by atoms with Crippen molar-refractivity contribution in [1.29, 1.82) is 0 Å². The number of thioether (sulfide) groups is 1. The first-order valence-corrected chi connectivity index (χ1v) is 14.3. The minimum Gasteiger partial charge on any atom is -0.341 e. The number of imide groups is 1. The number of H-pyrrole nitrogens is 1. The number of hydrogen-bond acceptors (Lipinski definition) is 6. The van der Waals surface area contributed by atoms with Gasteiger partial charge in [-0.15, -0.1) is 11.8 Å². The monoisotopic (exact) mass is 509 g/mol. The Hall–Kier alpha value is -2.39. The maximum atomic E-state index is 13.6. The summed E-state index contributed by atoms with van der Waals surface area (Å²) in [6.07, 6.45) is 3.96. The summed E-state index contributed by atoms with van der Waals surface area (Å²) in [6.45, 7) is 1.32. The molecule has 1 aromatic heterocycles. The standard InChI is InChI=1S/C26H27N3O4S2/c30-16(28-9-5-2-6-10-28)12-29-24(31)19-14-11-15(20(19)25(29)32)21-18(14)17(13-7-3-1-4-8-13)22-23(34-21)27-26(33)35-22/h1,3-4,7-8,14-15,17-21H,2,5-6,9-12H2,(H,27,33). The summed E-state index contributed by atoms with van der Waals surface area (Å²) in [5.41, 5.74) is 1.16. The Morgan fingerprint density at radius 2 is 1.69 bits per heavy atom. The number of benzene rings is 1. The summed E-state index contributed by atoms with van der Waals surface area (Å²) in [5, 5.41) is 1.10. The lowest BCUT2D eigenvalue weighted by Crippen LogP contribution is -2.45. The van der Waals surface area contributed by atoms with E-state index >= 15 is 0 Å². The highest BCUT2D eigenvalue weighted by molar-refractivity contribution is 8.00. The maximum Gasteiger partial charge on any atom is 0.305 e. The number of fused-ring (bicyclic) bond motifs is 9. The first kappa shape index (κ1) is 21.9. The third-order valence-corrected chi connectivity index (χ3v) is 11.6. The normalized spacial score (nSPS) is 35.3. The van der Waals surface area contributed by atoms with Crippen LogP contribution in [0.5, 0.6) is 0 Å². The average Bonchev–Trinajstić information content (AvgIpc) is 3.61. The summed E-state index contributed by atoms with van der Waals surface area (Å²) < 4.78 is 0. The summed E-state index contributed by atoms with van der Waals surface area (Å²) in [5.74, 6) is -0.665. The van der Waals surface area contributed by atoms with E-state index in [0.29, 0.717) is 13.1 Å². The molecular formula is C26H27N3O4S2. The number of thiazole rings is 1. The molecule has 7 atom stereocenters. The minimum absolute atomic E-state index is 0.0456. The largest absolute Gasteiger partial charge is 0.341 e. The molecule has 0 radical (unpaired) electrons. The second-order valence-corrected chi connectivity index (χ2v) is 12.8. The van der Waals surface area contributed by atoms with Gasteiger partial charge in [-0.25, -0.2) is 0 Å². The zero-order chi connectivity index (χ0) is 23.8. The number of carbonyl (C=O) groups is 3. The fraction of sp³-hybridized carbons (Fsp3) is 0.538. The van der Waals surface area contributed by atoms with Gasteiger partial charge in [-0.3, -0.25) is 24.1 Å². The fourth-order valence-corrected chi connectivity index (χ4v) is 10.5. The molecule has 0 spiro atoms. The molecule has 3 amide bonds. The molecule has 35 heavy (non-hydrogen) atoms. The topological polar surface area (TPSA) is 90.5 Å². The van der Waals surface area contributed by atoms with Crippen LogP contribution in [0.3, 0.4) is 0 Å². The highest BCUT2D eigenvalue weighted by atomic mass is 32.2. The van der Waals surface area contributed by atoms with Crippen LogP contribution in [0, 0.1) is 29.6 Å². The van der Waals surface area contributed by atoms with Gasteiger partial charge in [0, 0.05) is 29.1 Å². The van der Waals surface area contributed by atoms with Crippen LogP contribution >= 0.6 is 23.1 Å². The van der Waals surface area contributed by atoms with E-state index in [1.165, 1.54) is 16.2 Å². The van der Waals surface area contributed by atoms with Crippen molar-refractivity contribution < 1.29 is 14.4 Å². The Morgan fingerprint density at radius 3 is 2.43 bits per heavy atom. The van der Waals surface area contributed by atoms with Crippen molar-refractivity contribution in [3.63, 3.8) is 0 Å². The third kappa shape index (κ3) is 3.16. The van der Waals surface area contributed by atoms with Crippen molar-refractivity contribution in [2.75, 3.05) is 19.6 Å². The number of aromatic nitrogens is 1. The van der Waals surface area contributed by atoms with Crippen LogP contribution in [0.1, 0.15) is 42.0 Å². The molecular weight excluding hydrogens is 482 g/mol. The van der Waals surface area contributed by atoms with Gasteiger partial charge in [0.15, 0.2) is 0 Å². The Balaban J connectivity index is 1.22. The fourth-order valence-electron chi connectivity index (χ4n) is 7.65. The Bertz CT molecular complexity index is 1270. The number of nitrogens with one attached hydrogen (secondary N) is 1. The molecule has 1 aromatic carbocycles. The summed E-state index contributed by atoms with van der Waals surface area (Å²) in [6, 6.07) is 10.3. The maximum absolute atomic E-state index is 13.6. The molecule has 3 aliphatic heterocycles. The van der Waals surface area contributed by atoms with Crippen molar-refractivity contribution in [2.24, 2.45) is 29.6 Å². The highest BCUT2D eigenvalue weighted by Crippen LogP contribution is 2.68. The Morgan fingerprint density at radius 1 is 0.971 bits per heavy atom. The lowest BCUT2D eigenvalue weighted by molar-refractivity contribution is -0.147. The van der Waals surface area contributed by atoms with Gasteiger partial charge in [-0.05, 0) is 49.0 Å². The molecule has 7 rings (SSSR count). The van der Waals surface area contributed by atoms with E-state index < -0.39 is 0 Å². The molecule has 7 unspecified atom stereocenters. The van der Waals surface area contributed by atoms with Crippen LogP contribution < -0.4 is 4.87 Å². The van der Waals surface area contributed by atoms with Crippen molar-refractivity contribution in [3.8, 4) is 0 Å². The second kappa shape index (κ2) is 8.06. The Kier molecular flexibility index (Phi) is 5.03. The van der Waals surface area contributed by atoms with E-state index in [-0.39, 0.29) is 69.9 Å². The quantitative estimate of drug-likeness (QED) is 0.643. The minimum atomic E-state index is -0.341. The van der Waals surface area contributed by atoms with Crippen molar-refractivity contribution in [1.82, 2.24) is 14.8 Å². The van der Waals surface area contributed by atoms with Crippen LogP contribution in [0.25, 0.3) is 0 Å². The van der Waals surface area contributed by atoms with E-state index in [4.69, 9.17) is 0 Å². The predicted octanol–water partition coefficient (Wildman–Crippen LogP) is 2.92. The van der Waals surface area contributed by atoms with Gasteiger partial charge in [0.25, 0.3) is 0 Å². The highest BCUT2D eigenvalue weighted by Gasteiger charge is 2.69. The first-order valence-electron chi connectivity index (χ1n) is 12.6. The lowest BCUT2D eigenvalue weighted by Gasteiger charge is -2.43. The predicted molar refractivity (Wildman–Crippen MR) is 132 cm³/mol. The van der Waals surface area contributed by atoms with Gasteiger partial charge >= 0.3 is 4.87 Å². The summed E-state index contributed by atoms with van der Waals surface area (Å²) >= 11 is 2.97. The molecule has 182 valence electrons. The number of piperidine rings is 1. The number of hydrogen-bond donors (Lipinski definition) is 1. The molecule has 2 bridgehead atoms.